The number of benzene rings is 2. The molecular formula is C23H28N3O3S+. The molecular weight excluding hydrogens is 398 g/mol. The van der Waals surface area contributed by atoms with Crippen molar-refractivity contribution in [3.05, 3.63) is 72.8 Å². The summed E-state index contributed by atoms with van der Waals surface area (Å²) in [6.45, 7) is 6.40. The number of carbonyl (C=O) groups excluding carboxylic acids is 1. The normalized spacial score (nSPS) is 15.5. The zero-order valence-electron chi connectivity index (χ0n) is 16.9. The molecule has 30 heavy (non-hydrogen) atoms. The molecule has 6 nitrogen and oxygen atoms in total. The molecule has 2 aromatic rings. The van der Waals surface area contributed by atoms with Gasteiger partial charge in [0.1, 0.15) is 6.61 Å². The molecule has 1 amide bonds. The van der Waals surface area contributed by atoms with E-state index < -0.39 is 0 Å². The van der Waals surface area contributed by atoms with Crippen LogP contribution in [0.2, 0.25) is 0 Å². The van der Waals surface area contributed by atoms with E-state index >= 15 is 0 Å². The van der Waals surface area contributed by atoms with Gasteiger partial charge in [0.25, 0.3) is 0 Å². The molecule has 2 aromatic carbocycles. The Morgan fingerprint density at radius 2 is 1.90 bits per heavy atom. The third kappa shape index (κ3) is 7.24. The van der Waals surface area contributed by atoms with Crippen molar-refractivity contribution in [3.63, 3.8) is 0 Å². The summed E-state index contributed by atoms with van der Waals surface area (Å²) in [5, 5.41) is 12.4. The standard InChI is InChI=1S/C23H27N3O3S/c1-2-22(27)25-20-8-10-21(11-9-20)30-26-14-12-18(13-15-26)16-24-23(28)29-17-19-6-4-3-5-7-19/h2-11,18H,1,12-17H2,(H,24,28)(H,25,27)/p+1. The zero-order valence-corrected chi connectivity index (χ0v) is 17.7. The highest BCUT2D eigenvalue weighted by Gasteiger charge is 2.20. The Kier molecular flexibility index (Phi) is 8.35. The van der Waals surface area contributed by atoms with Crippen molar-refractivity contribution in [2.24, 2.45) is 5.92 Å². The largest absolute Gasteiger partial charge is 0.460 e. The molecule has 7 heteroatoms. The zero-order chi connectivity index (χ0) is 21.2. The van der Waals surface area contributed by atoms with Gasteiger partial charge in [0.2, 0.25) is 5.69 Å². The van der Waals surface area contributed by atoms with Crippen LogP contribution in [0.25, 0.3) is 0 Å². The number of piperidine rings is 1. The lowest BCUT2D eigenvalue weighted by Crippen LogP contribution is -2.65. The van der Waals surface area contributed by atoms with E-state index in [1.807, 2.05) is 54.6 Å². The van der Waals surface area contributed by atoms with E-state index in [-0.39, 0.29) is 12.0 Å². The van der Waals surface area contributed by atoms with Crippen LogP contribution in [0.1, 0.15) is 18.4 Å². The van der Waals surface area contributed by atoms with Crippen LogP contribution in [0.5, 0.6) is 0 Å². The van der Waals surface area contributed by atoms with E-state index in [1.165, 1.54) is 6.08 Å². The summed E-state index contributed by atoms with van der Waals surface area (Å²) in [5.74, 6) is 0.505. The minimum Gasteiger partial charge on any atom is -0.460 e. The Hall–Kier alpha value is -2.77. The molecule has 1 aliphatic heterocycles. The minimum absolute atomic E-state index is 0.0371. The Balaban J connectivity index is 1.34. The van der Waals surface area contributed by atoms with Crippen molar-refractivity contribution < 1.29 is 19.6 Å². The van der Waals surface area contributed by atoms with Gasteiger partial charge in [-0.25, -0.2) is 9.10 Å². The summed E-state index contributed by atoms with van der Waals surface area (Å²) < 4.78 is 7.61. The van der Waals surface area contributed by atoms with Gasteiger partial charge < -0.3 is 15.2 Å². The van der Waals surface area contributed by atoms with Gasteiger partial charge in [-0.15, -0.1) is 0 Å². The van der Waals surface area contributed by atoms with Gasteiger partial charge in [-0.05, 0) is 48.4 Å². The Labute approximate surface area is 181 Å². The van der Waals surface area contributed by atoms with E-state index in [0.717, 1.165) is 42.1 Å². The number of aliphatic hydroxyl groups excluding tert-OH is 1. The van der Waals surface area contributed by atoms with Gasteiger partial charge in [0.15, 0.2) is 0 Å². The highest BCUT2D eigenvalue weighted by atomic mass is 32.2. The molecule has 0 radical (unpaired) electrons. The van der Waals surface area contributed by atoms with Crippen LogP contribution in [-0.4, -0.2) is 41.0 Å². The molecule has 0 bridgehead atoms. The van der Waals surface area contributed by atoms with Gasteiger partial charge in [0, 0.05) is 42.7 Å². The second kappa shape index (κ2) is 11.4. The molecule has 3 rings (SSSR count). The quantitative estimate of drug-likeness (QED) is 0.343. The van der Waals surface area contributed by atoms with Crippen molar-refractivity contribution in [3.8, 4) is 0 Å². The number of rotatable bonds is 8. The number of alkyl carbamates (subject to hydrolysis) is 1. The van der Waals surface area contributed by atoms with E-state index in [1.54, 1.807) is 11.9 Å². The van der Waals surface area contributed by atoms with Crippen LogP contribution in [0, 0.1) is 5.92 Å². The lowest BCUT2D eigenvalue weighted by atomic mass is 9.98. The molecule has 0 aliphatic carbocycles. The van der Waals surface area contributed by atoms with Crippen LogP contribution in [0.3, 0.4) is 0 Å². The van der Waals surface area contributed by atoms with Crippen LogP contribution in [-0.2, 0) is 11.3 Å². The second-order valence-corrected chi connectivity index (χ2v) is 8.32. The van der Waals surface area contributed by atoms with Crippen LogP contribution in [0.15, 0.2) is 72.1 Å². The van der Waals surface area contributed by atoms with Gasteiger partial charge in [-0.3, -0.25) is 0 Å². The number of amides is 1. The molecule has 3 N–H and O–H groups in total. The second-order valence-electron chi connectivity index (χ2n) is 7.15. The van der Waals surface area contributed by atoms with Crippen molar-refractivity contribution in [1.29, 1.82) is 0 Å². The molecule has 1 saturated heterocycles. The van der Waals surface area contributed by atoms with E-state index in [0.29, 0.717) is 19.1 Å². The van der Waals surface area contributed by atoms with Crippen LogP contribution < -0.4 is 10.3 Å². The summed E-state index contributed by atoms with van der Waals surface area (Å²) in [7, 11) is 0. The highest BCUT2D eigenvalue weighted by Crippen LogP contribution is 2.28. The number of nitrogens with zero attached hydrogens (tertiary/aromatic N) is 1. The first-order valence-electron chi connectivity index (χ1n) is 10.1. The first kappa shape index (κ1) is 21.9. The topological polar surface area (TPSA) is 75.8 Å². The maximum absolute atomic E-state index is 11.9. The molecule has 1 fully saturated rings. The number of ether oxygens (including phenoxy) is 1. The maximum atomic E-state index is 11.9. The number of nitrogens with one attached hydrogen (secondary N) is 2. The van der Waals surface area contributed by atoms with Gasteiger partial charge in [-0.1, -0.05) is 36.9 Å². The van der Waals surface area contributed by atoms with E-state index in [2.05, 4.69) is 21.2 Å². The summed E-state index contributed by atoms with van der Waals surface area (Å²) in [6, 6.07) is 17.6. The first-order valence-corrected chi connectivity index (χ1v) is 10.8. The molecule has 0 unspecified atom stereocenters. The fraction of sp³-hybridized carbons (Fsp3) is 0.304. The molecule has 1 heterocycles. The predicted molar refractivity (Wildman–Crippen MR) is 120 cm³/mol. The summed E-state index contributed by atoms with van der Waals surface area (Å²) >= 11 is 1.73. The third-order valence-corrected chi connectivity index (χ3v) is 5.98. The fourth-order valence-electron chi connectivity index (χ4n) is 3.15. The highest BCUT2D eigenvalue weighted by molar-refractivity contribution is 7.97. The van der Waals surface area contributed by atoms with Gasteiger partial charge in [0.05, 0.1) is 0 Å². The van der Waals surface area contributed by atoms with Crippen LogP contribution >= 0.6 is 11.9 Å². The van der Waals surface area contributed by atoms with Gasteiger partial charge in [-0.2, -0.15) is 4.99 Å². The Morgan fingerprint density at radius 1 is 1.20 bits per heavy atom. The number of carbonyl (C=O) groups is 1. The lowest BCUT2D eigenvalue weighted by molar-refractivity contribution is -0.364. The average Bonchev–Trinajstić information content (AvgIpc) is 2.79. The summed E-state index contributed by atoms with van der Waals surface area (Å²) in [4.78, 5) is 15.9. The van der Waals surface area contributed by atoms with Gasteiger partial charge >= 0.3 is 12.0 Å². The van der Waals surface area contributed by atoms with Crippen molar-refractivity contribution in [2.75, 3.05) is 19.6 Å². The van der Waals surface area contributed by atoms with Crippen molar-refractivity contribution in [2.45, 2.75) is 24.3 Å². The number of hydrogen-bond acceptors (Lipinski definition) is 4. The molecule has 0 atom stereocenters. The van der Waals surface area contributed by atoms with Crippen molar-refractivity contribution >= 4 is 29.6 Å². The van der Waals surface area contributed by atoms with Crippen molar-refractivity contribution in [1.82, 2.24) is 9.62 Å². The van der Waals surface area contributed by atoms with E-state index in [9.17, 15) is 9.90 Å². The lowest BCUT2D eigenvalue weighted by Gasteiger charge is -2.30. The summed E-state index contributed by atoms with van der Waals surface area (Å²) in [6.07, 6.45) is 3.08. The number of aliphatic hydroxyl groups is 1. The molecule has 1 aliphatic rings. The average molecular weight is 427 g/mol. The predicted octanol–water partition coefficient (Wildman–Crippen LogP) is 3.19. The molecule has 158 valence electrons. The fourth-order valence-corrected chi connectivity index (χ4v) is 4.10. The molecule has 0 saturated carbocycles. The first-order chi connectivity index (χ1) is 14.6. The Morgan fingerprint density at radius 3 is 2.57 bits per heavy atom. The minimum atomic E-state index is -0.357. The monoisotopic (exact) mass is 426 g/mol. The van der Waals surface area contributed by atoms with E-state index in [4.69, 9.17) is 4.74 Å². The molecule has 0 aromatic heterocycles. The molecule has 0 spiro atoms. The SMILES string of the molecule is C=CC(O)=[NH+]c1ccc(SN2CCC(CNC(=O)OCc3ccccc3)CC2)cc1. The maximum Gasteiger partial charge on any atom is 0.407 e. The third-order valence-electron chi connectivity index (χ3n) is 4.88. The smallest absolute Gasteiger partial charge is 0.407 e. The van der Waals surface area contributed by atoms with Crippen LogP contribution in [0.4, 0.5) is 10.5 Å². The Bertz CT molecular complexity index is 848. The number of hydrogen-bond donors (Lipinski definition) is 3. The summed E-state index contributed by atoms with van der Waals surface area (Å²) in [5.41, 5.74) is 1.80.